The van der Waals surface area contributed by atoms with Crippen LogP contribution in [-0.2, 0) is 0 Å². The minimum absolute atomic E-state index is 0.280. The van der Waals surface area contributed by atoms with E-state index in [1.807, 2.05) is 34.9 Å². The summed E-state index contributed by atoms with van der Waals surface area (Å²) in [5, 5.41) is 20.9. The lowest BCUT2D eigenvalue weighted by Gasteiger charge is -2.03. The van der Waals surface area contributed by atoms with Crippen molar-refractivity contribution in [2.45, 2.75) is 5.16 Å². The van der Waals surface area contributed by atoms with Crippen LogP contribution in [0.15, 0.2) is 63.8 Å². The summed E-state index contributed by atoms with van der Waals surface area (Å²) < 4.78 is 6.88. The van der Waals surface area contributed by atoms with Crippen LogP contribution in [-0.4, -0.2) is 19.7 Å². The Bertz CT molecular complexity index is 810. The number of furan rings is 1. The average molecular weight is 314 g/mol. The number of para-hydroxylation sites is 1. The first-order chi connectivity index (χ1) is 10.7. The fourth-order valence-electron chi connectivity index (χ4n) is 1.76. The Morgan fingerprint density at radius 3 is 2.77 bits per heavy atom. The molecule has 0 radical (unpaired) electrons. The first kappa shape index (κ1) is 14.1. The van der Waals surface area contributed by atoms with Gasteiger partial charge in [-0.25, -0.2) is 0 Å². The quantitative estimate of drug-likeness (QED) is 0.407. The molecule has 110 valence electrons. The van der Waals surface area contributed by atoms with Crippen LogP contribution in [0.3, 0.4) is 0 Å². The van der Waals surface area contributed by atoms with Crippen LogP contribution in [0.4, 0.5) is 5.88 Å². The van der Waals surface area contributed by atoms with E-state index in [1.165, 1.54) is 23.9 Å². The van der Waals surface area contributed by atoms with Crippen molar-refractivity contribution in [3.05, 3.63) is 70.1 Å². The summed E-state index contributed by atoms with van der Waals surface area (Å²) in [6.07, 6.45) is 3.27. The smallest absolute Gasteiger partial charge is 0.401 e. The average Bonchev–Trinajstić information content (AvgIpc) is 3.17. The fourth-order valence-corrected chi connectivity index (χ4v) is 2.45. The molecule has 0 unspecified atom stereocenters. The van der Waals surface area contributed by atoms with E-state index in [0.717, 1.165) is 5.69 Å². The highest BCUT2D eigenvalue weighted by molar-refractivity contribution is 8.02. The summed E-state index contributed by atoms with van der Waals surface area (Å²) in [7, 11) is 0. The number of thioether (sulfide) groups is 1. The number of hydrogen-bond acceptors (Lipinski definition) is 6. The Morgan fingerprint density at radius 2 is 2.05 bits per heavy atom. The van der Waals surface area contributed by atoms with Crippen LogP contribution >= 0.6 is 11.8 Å². The van der Waals surface area contributed by atoms with Crippen LogP contribution in [0.25, 0.3) is 11.8 Å². The summed E-state index contributed by atoms with van der Waals surface area (Å²) in [5.74, 6) is 0.127. The van der Waals surface area contributed by atoms with E-state index < -0.39 is 4.92 Å². The number of nitrogens with zero attached hydrogens (tertiary/aromatic N) is 4. The molecule has 0 amide bonds. The van der Waals surface area contributed by atoms with Crippen molar-refractivity contribution in [1.82, 2.24) is 14.8 Å². The van der Waals surface area contributed by atoms with Crippen LogP contribution in [0.1, 0.15) is 5.76 Å². The minimum Gasteiger partial charge on any atom is -0.401 e. The predicted molar refractivity (Wildman–Crippen MR) is 81.6 cm³/mol. The second-order valence-corrected chi connectivity index (χ2v) is 5.05. The first-order valence-electron chi connectivity index (χ1n) is 6.27. The molecule has 3 aromatic rings. The number of benzene rings is 1. The largest absolute Gasteiger partial charge is 0.433 e. The zero-order chi connectivity index (χ0) is 15.4. The number of rotatable bonds is 5. The molecule has 0 aliphatic heterocycles. The zero-order valence-corrected chi connectivity index (χ0v) is 12.0. The molecule has 22 heavy (non-hydrogen) atoms. The summed E-state index contributed by atoms with van der Waals surface area (Å²) in [5.41, 5.74) is 0.956. The molecule has 3 rings (SSSR count). The number of aromatic nitrogens is 3. The Hall–Kier alpha value is -2.87. The molecule has 2 aromatic heterocycles. The van der Waals surface area contributed by atoms with Gasteiger partial charge in [0.15, 0.2) is 5.16 Å². The zero-order valence-electron chi connectivity index (χ0n) is 11.2. The number of nitro groups is 1. The van der Waals surface area contributed by atoms with E-state index in [-0.39, 0.29) is 5.88 Å². The van der Waals surface area contributed by atoms with Crippen LogP contribution < -0.4 is 0 Å². The molecule has 2 heterocycles. The normalized spacial score (nSPS) is 11.1. The van der Waals surface area contributed by atoms with Crippen molar-refractivity contribution in [2.24, 2.45) is 0 Å². The van der Waals surface area contributed by atoms with Gasteiger partial charge in [0.25, 0.3) is 0 Å². The third kappa shape index (κ3) is 3.07. The molecular weight excluding hydrogens is 304 g/mol. The summed E-state index contributed by atoms with van der Waals surface area (Å²) in [6, 6.07) is 12.6. The van der Waals surface area contributed by atoms with Crippen LogP contribution in [0, 0.1) is 10.1 Å². The minimum atomic E-state index is -0.573. The Balaban J connectivity index is 1.73. The van der Waals surface area contributed by atoms with Crippen molar-refractivity contribution in [2.75, 3.05) is 0 Å². The molecule has 0 saturated carbocycles. The second-order valence-electron chi connectivity index (χ2n) is 4.17. The maximum atomic E-state index is 10.5. The molecule has 0 aliphatic carbocycles. The van der Waals surface area contributed by atoms with Gasteiger partial charge in [-0.1, -0.05) is 30.0 Å². The third-order valence-electron chi connectivity index (χ3n) is 2.75. The Labute approximate surface area is 129 Å². The van der Waals surface area contributed by atoms with Crippen molar-refractivity contribution < 1.29 is 9.34 Å². The monoisotopic (exact) mass is 314 g/mol. The van der Waals surface area contributed by atoms with Gasteiger partial charge < -0.3 is 4.42 Å². The first-order valence-corrected chi connectivity index (χ1v) is 7.15. The van der Waals surface area contributed by atoms with E-state index in [9.17, 15) is 10.1 Å². The van der Waals surface area contributed by atoms with E-state index >= 15 is 0 Å². The molecule has 0 spiro atoms. The van der Waals surface area contributed by atoms with Crippen molar-refractivity contribution in [3.8, 4) is 5.69 Å². The van der Waals surface area contributed by atoms with Crippen LogP contribution in [0.5, 0.6) is 0 Å². The topological polar surface area (TPSA) is 87.0 Å². The molecule has 1 aromatic carbocycles. The molecule has 0 aliphatic rings. The lowest BCUT2D eigenvalue weighted by molar-refractivity contribution is -0.402. The SMILES string of the molecule is O=[N+]([O-])c1ccc(/C=C/Sc2nncn2-c2ccccc2)o1. The van der Waals surface area contributed by atoms with E-state index in [4.69, 9.17) is 4.42 Å². The third-order valence-corrected chi connectivity index (χ3v) is 3.51. The predicted octanol–water partition coefficient (Wildman–Crippen LogP) is 3.53. The van der Waals surface area contributed by atoms with Gasteiger partial charge in [0.2, 0.25) is 0 Å². The summed E-state index contributed by atoms with van der Waals surface area (Å²) >= 11 is 1.34. The fraction of sp³-hybridized carbons (Fsp3) is 0. The van der Waals surface area contributed by atoms with Gasteiger partial charge in [0, 0.05) is 5.69 Å². The van der Waals surface area contributed by atoms with E-state index in [2.05, 4.69) is 10.2 Å². The highest BCUT2D eigenvalue weighted by Gasteiger charge is 2.10. The van der Waals surface area contributed by atoms with Gasteiger partial charge in [-0.05, 0) is 29.7 Å². The van der Waals surface area contributed by atoms with E-state index in [0.29, 0.717) is 10.9 Å². The van der Waals surface area contributed by atoms with E-state index in [1.54, 1.807) is 17.8 Å². The van der Waals surface area contributed by atoms with Crippen molar-refractivity contribution in [3.63, 3.8) is 0 Å². The second kappa shape index (κ2) is 6.27. The molecule has 0 N–H and O–H groups in total. The van der Waals surface area contributed by atoms with Crippen molar-refractivity contribution in [1.29, 1.82) is 0 Å². The van der Waals surface area contributed by atoms with Gasteiger partial charge in [-0.3, -0.25) is 14.7 Å². The molecule has 7 nitrogen and oxygen atoms in total. The summed E-state index contributed by atoms with van der Waals surface area (Å²) in [4.78, 5) is 9.96. The van der Waals surface area contributed by atoms with Gasteiger partial charge in [0.1, 0.15) is 17.0 Å². The molecular formula is C14H10N4O3S. The maximum absolute atomic E-state index is 10.5. The Kier molecular flexibility index (Phi) is 4.01. The Morgan fingerprint density at radius 1 is 1.23 bits per heavy atom. The lowest BCUT2D eigenvalue weighted by Crippen LogP contribution is -1.93. The summed E-state index contributed by atoms with van der Waals surface area (Å²) in [6.45, 7) is 0. The van der Waals surface area contributed by atoms with Gasteiger partial charge >= 0.3 is 5.88 Å². The highest BCUT2D eigenvalue weighted by Crippen LogP contribution is 2.23. The van der Waals surface area contributed by atoms with Gasteiger partial charge in [-0.2, -0.15) is 0 Å². The van der Waals surface area contributed by atoms with Gasteiger partial charge in [-0.15, -0.1) is 10.2 Å². The lowest BCUT2D eigenvalue weighted by atomic mass is 10.3. The molecule has 8 heteroatoms. The van der Waals surface area contributed by atoms with Crippen molar-refractivity contribution >= 4 is 23.7 Å². The number of hydrogen-bond donors (Lipinski definition) is 0. The highest BCUT2D eigenvalue weighted by atomic mass is 32.2. The standard InChI is InChI=1S/C14H10N4O3S/c19-18(20)13-7-6-12(21-13)8-9-22-14-16-15-10-17(14)11-4-2-1-3-5-11/h1-10H/b9-8+. The molecule has 0 atom stereocenters. The van der Waals surface area contributed by atoms with Gasteiger partial charge in [0.05, 0.1) is 6.07 Å². The maximum Gasteiger partial charge on any atom is 0.433 e. The molecule has 0 saturated heterocycles. The molecule has 0 bridgehead atoms. The van der Waals surface area contributed by atoms with Crippen LogP contribution in [0.2, 0.25) is 0 Å². The molecule has 0 fully saturated rings.